The van der Waals surface area contributed by atoms with Crippen LogP contribution < -0.4 is 9.47 Å². The molecular formula is C16H15BrFN5O5. The molecule has 28 heavy (non-hydrogen) atoms. The number of ether oxygens (including phenoxy) is 2. The average molecular weight is 456 g/mol. The van der Waals surface area contributed by atoms with Gasteiger partial charge in [-0.25, -0.2) is 13.9 Å². The van der Waals surface area contributed by atoms with Crippen LogP contribution in [0.1, 0.15) is 19.4 Å². The first kappa shape index (κ1) is 19.7. The number of halogens is 2. The molecule has 0 fully saturated rings. The number of rotatable bonds is 9. The Hall–Kier alpha value is -3.02. The summed E-state index contributed by atoms with van der Waals surface area (Å²) in [7, 11) is 0. The zero-order chi connectivity index (χ0) is 20.1. The maximum absolute atomic E-state index is 13.2. The molecule has 10 nitrogen and oxygen atoms in total. The van der Waals surface area contributed by atoms with Crippen LogP contribution in [0, 0.1) is 5.82 Å². The summed E-state index contributed by atoms with van der Waals surface area (Å²) in [6.07, 6.45) is 0.290. The van der Waals surface area contributed by atoms with Crippen LogP contribution in [0.15, 0.2) is 33.3 Å². The molecule has 2 heterocycles. The van der Waals surface area contributed by atoms with Gasteiger partial charge in [-0.15, -0.1) is 5.10 Å². The van der Waals surface area contributed by atoms with Crippen molar-refractivity contribution in [2.75, 3.05) is 13.2 Å². The fourth-order valence-corrected chi connectivity index (χ4v) is 2.70. The van der Waals surface area contributed by atoms with Crippen molar-refractivity contribution >= 4 is 21.9 Å². The standard InChI is InChI=1S/C16H15BrFN5O5/c1-2-11(16(24)25)23-15(19-21-22-23)13-8-14(20-28-13)27-6-5-26-12-7-9(18)3-4-10(12)17/h3-4,7-8,11H,2,5-6H2,1H3,(H,24,25). The Bertz CT molecular complexity index is 963. The number of carboxylic acid groups (broad SMARTS) is 1. The predicted molar refractivity (Wildman–Crippen MR) is 95.4 cm³/mol. The summed E-state index contributed by atoms with van der Waals surface area (Å²) >= 11 is 3.26. The van der Waals surface area contributed by atoms with E-state index in [9.17, 15) is 14.3 Å². The van der Waals surface area contributed by atoms with Crippen LogP contribution >= 0.6 is 15.9 Å². The van der Waals surface area contributed by atoms with Gasteiger partial charge < -0.3 is 19.1 Å². The van der Waals surface area contributed by atoms with E-state index in [0.717, 1.165) is 4.68 Å². The van der Waals surface area contributed by atoms with Gasteiger partial charge in [-0.1, -0.05) is 6.92 Å². The Kier molecular flexibility index (Phi) is 6.19. The lowest BCUT2D eigenvalue weighted by Gasteiger charge is -2.09. The highest BCUT2D eigenvalue weighted by atomic mass is 79.9. The molecule has 0 radical (unpaired) electrons. The first-order valence-corrected chi connectivity index (χ1v) is 8.97. The third-order valence-corrected chi connectivity index (χ3v) is 4.31. The lowest BCUT2D eigenvalue weighted by atomic mass is 10.2. The first-order chi connectivity index (χ1) is 13.5. The van der Waals surface area contributed by atoms with E-state index in [0.29, 0.717) is 10.2 Å². The topological polar surface area (TPSA) is 125 Å². The molecule has 1 unspecified atom stereocenters. The molecule has 3 rings (SSSR count). The van der Waals surface area contributed by atoms with Gasteiger partial charge in [0.15, 0.2) is 6.04 Å². The van der Waals surface area contributed by atoms with Crippen molar-refractivity contribution in [1.82, 2.24) is 25.4 Å². The van der Waals surface area contributed by atoms with E-state index in [1.807, 2.05) is 0 Å². The normalized spacial score (nSPS) is 12.0. The van der Waals surface area contributed by atoms with Crippen LogP contribution in [0.25, 0.3) is 11.6 Å². The largest absolute Gasteiger partial charge is 0.489 e. The highest BCUT2D eigenvalue weighted by Crippen LogP contribution is 2.26. The second kappa shape index (κ2) is 8.78. The second-order valence-corrected chi connectivity index (χ2v) is 6.36. The summed E-state index contributed by atoms with van der Waals surface area (Å²) in [5.41, 5.74) is 0. The number of aliphatic carboxylic acids is 1. The molecule has 0 spiro atoms. The molecule has 12 heteroatoms. The van der Waals surface area contributed by atoms with Crippen LogP contribution in [0.2, 0.25) is 0 Å². The van der Waals surface area contributed by atoms with Crippen LogP contribution in [-0.2, 0) is 4.79 Å². The summed E-state index contributed by atoms with van der Waals surface area (Å²) in [6.45, 7) is 1.96. The number of benzene rings is 1. The molecule has 3 aromatic rings. The molecule has 148 valence electrons. The Morgan fingerprint density at radius 3 is 2.89 bits per heavy atom. The van der Waals surface area contributed by atoms with E-state index < -0.39 is 17.8 Å². The number of hydrogen-bond donors (Lipinski definition) is 1. The van der Waals surface area contributed by atoms with E-state index in [4.69, 9.17) is 14.0 Å². The number of carbonyl (C=O) groups is 1. The second-order valence-electron chi connectivity index (χ2n) is 5.51. The molecule has 0 aliphatic carbocycles. The fourth-order valence-electron chi connectivity index (χ4n) is 2.34. The maximum atomic E-state index is 13.2. The van der Waals surface area contributed by atoms with Gasteiger partial charge in [0, 0.05) is 6.07 Å². The van der Waals surface area contributed by atoms with Gasteiger partial charge in [-0.2, -0.15) is 0 Å². The minimum atomic E-state index is -1.06. The van der Waals surface area contributed by atoms with Crippen molar-refractivity contribution in [1.29, 1.82) is 0 Å². The van der Waals surface area contributed by atoms with Gasteiger partial charge in [0.2, 0.25) is 11.6 Å². The number of nitrogens with zero attached hydrogens (tertiary/aromatic N) is 5. The molecule has 2 aromatic heterocycles. The number of carboxylic acids is 1. The van der Waals surface area contributed by atoms with Crippen LogP contribution in [0.5, 0.6) is 11.6 Å². The van der Waals surface area contributed by atoms with Crippen molar-refractivity contribution in [2.45, 2.75) is 19.4 Å². The number of tetrazole rings is 1. The quantitative estimate of drug-likeness (QED) is 0.484. The summed E-state index contributed by atoms with van der Waals surface area (Å²) in [6, 6.07) is 4.61. The zero-order valence-corrected chi connectivity index (χ0v) is 16.2. The lowest BCUT2D eigenvalue weighted by molar-refractivity contribution is -0.141. The van der Waals surface area contributed by atoms with Crippen molar-refractivity contribution in [3.05, 3.63) is 34.6 Å². The van der Waals surface area contributed by atoms with E-state index in [-0.39, 0.29) is 37.1 Å². The lowest BCUT2D eigenvalue weighted by Crippen LogP contribution is -2.20. The predicted octanol–water partition coefficient (Wildman–Crippen LogP) is 2.72. The van der Waals surface area contributed by atoms with E-state index in [1.54, 1.807) is 13.0 Å². The third kappa shape index (κ3) is 4.44. The molecule has 0 aliphatic heterocycles. The molecule has 0 aliphatic rings. The minimum Gasteiger partial charge on any atom is -0.489 e. The minimum absolute atomic E-state index is 0.118. The van der Waals surface area contributed by atoms with E-state index >= 15 is 0 Å². The molecule has 1 atom stereocenters. The zero-order valence-electron chi connectivity index (χ0n) is 14.6. The summed E-state index contributed by atoms with van der Waals surface area (Å²) < 4.78 is 31.0. The Labute approximate surface area is 166 Å². The van der Waals surface area contributed by atoms with Gasteiger partial charge in [0.25, 0.3) is 5.88 Å². The smallest absolute Gasteiger partial charge is 0.328 e. The van der Waals surface area contributed by atoms with Crippen LogP contribution in [-0.4, -0.2) is 49.7 Å². The average Bonchev–Trinajstić information content (AvgIpc) is 3.31. The first-order valence-electron chi connectivity index (χ1n) is 8.18. The highest BCUT2D eigenvalue weighted by molar-refractivity contribution is 9.10. The Morgan fingerprint density at radius 1 is 1.36 bits per heavy atom. The summed E-state index contributed by atoms with van der Waals surface area (Å²) in [5.74, 6) is -0.694. The van der Waals surface area contributed by atoms with Gasteiger partial charge in [-0.3, -0.25) is 0 Å². The van der Waals surface area contributed by atoms with E-state index in [2.05, 4.69) is 36.6 Å². The molecular weight excluding hydrogens is 441 g/mol. The maximum Gasteiger partial charge on any atom is 0.328 e. The van der Waals surface area contributed by atoms with E-state index in [1.165, 1.54) is 18.2 Å². The molecule has 1 N–H and O–H groups in total. The van der Waals surface area contributed by atoms with Crippen LogP contribution in [0.4, 0.5) is 4.39 Å². The van der Waals surface area contributed by atoms with Gasteiger partial charge in [-0.05, 0) is 50.1 Å². The van der Waals surface area contributed by atoms with Crippen molar-refractivity contribution in [2.24, 2.45) is 0 Å². The van der Waals surface area contributed by atoms with Gasteiger partial charge >= 0.3 is 5.97 Å². The third-order valence-electron chi connectivity index (χ3n) is 3.65. The summed E-state index contributed by atoms with van der Waals surface area (Å²) in [4.78, 5) is 11.3. The highest BCUT2D eigenvalue weighted by Gasteiger charge is 2.25. The van der Waals surface area contributed by atoms with Crippen molar-refractivity contribution < 1.29 is 28.3 Å². The molecule has 0 saturated heterocycles. The molecule has 0 saturated carbocycles. The monoisotopic (exact) mass is 455 g/mol. The number of aromatic nitrogens is 5. The Morgan fingerprint density at radius 2 is 2.14 bits per heavy atom. The van der Waals surface area contributed by atoms with Gasteiger partial charge in [0.05, 0.1) is 10.5 Å². The molecule has 0 bridgehead atoms. The number of hydrogen-bond acceptors (Lipinski definition) is 8. The van der Waals surface area contributed by atoms with Crippen LogP contribution in [0.3, 0.4) is 0 Å². The summed E-state index contributed by atoms with van der Waals surface area (Å²) in [5, 5.41) is 24.0. The SMILES string of the molecule is CCC(C(=O)O)n1nnnc1-c1cc(OCCOc2cc(F)ccc2Br)no1. The van der Waals surface area contributed by atoms with Crippen molar-refractivity contribution in [3.8, 4) is 23.2 Å². The molecule has 1 aromatic carbocycles. The van der Waals surface area contributed by atoms with Gasteiger partial charge in [0.1, 0.15) is 24.8 Å². The van der Waals surface area contributed by atoms with Crippen molar-refractivity contribution in [3.63, 3.8) is 0 Å². The molecule has 0 amide bonds. The Balaban J connectivity index is 1.60. The fraction of sp³-hybridized carbons (Fsp3) is 0.312.